The summed E-state index contributed by atoms with van der Waals surface area (Å²) in [5.74, 6) is 2.22. The van der Waals surface area contributed by atoms with Gasteiger partial charge in [-0.15, -0.1) is 0 Å². The number of allylic oxidation sites excluding steroid dienone is 1. The molecule has 166 valence electrons. The van der Waals surface area contributed by atoms with E-state index in [4.69, 9.17) is 13.9 Å². The molecule has 0 spiro atoms. The van der Waals surface area contributed by atoms with Crippen LogP contribution in [0.15, 0.2) is 52.1 Å². The largest absolute Gasteiger partial charge is 0.496 e. The average Bonchev–Trinajstić information content (AvgIpc) is 3.44. The molecule has 0 aliphatic carbocycles. The highest BCUT2D eigenvalue weighted by Crippen LogP contribution is 2.40. The molecule has 1 amide bonds. The van der Waals surface area contributed by atoms with E-state index in [1.165, 1.54) is 0 Å². The van der Waals surface area contributed by atoms with Gasteiger partial charge in [-0.1, -0.05) is 23.9 Å². The second kappa shape index (κ2) is 9.53. The lowest BCUT2D eigenvalue weighted by molar-refractivity contribution is -0.115. The van der Waals surface area contributed by atoms with Crippen LogP contribution in [-0.4, -0.2) is 37.1 Å². The van der Waals surface area contributed by atoms with Crippen molar-refractivity contribution < 1.29 is 18.7 Å². The Morgan fingerprint density at radius 3 is 2.75 bits per heavy atom. The van der Waals surface area contributed by atoms with Gasteiger partial charge in [-0.2, -0.15) is 0 Å². The molecule has 2 heterocycles. The minimum atomic E-state index is -0.200. The van der Waals surface area contributed by atoms with E-state index >= 15 is 0 Å². The Morgan fingerprint density at radius 1 is 1.31 bits per heavy atom. The fourth-order valence-corrected chi connectivity index (χ4v) is 4.55. The maximum Gasteiger partial charge on any atom is 0.250 e. The number of hydrogen-bond acceptors (Lipinski definition) is 6. The fourth-order valence-electron chi connectivity index (χ4n) is 3.82. The van der Waals surface area contributed by atoms with Crippen LogP contribution in [0.25, 0.3) is 27.7 Å². The van der Waals surface area contributed by atoms with Crippen LogP contribution in [-0.2, 0) is 4.79 Å². The van der Waals surface area contributed by atoms with Crippen LogP contribution in [0.5, 0.6) is 11.5 Å². The standard InChI is InChI=1S/C25H26N2O4S/c1-5-30-18-8-6-17(7-9-18)21-14-31-24-16(3)23(29-4)19(13-20(21)24)15(2)12-22(28)27-25-26-10-11-32-25/h6-9,12-14H,5,10-11H2,1-4H3,(H,26,27,28)/b15-12+. The van der Waals surface area contributed by atoms with Gasteiger partial charge in [0.05, 0.1) is 26.5 Å². The molecule has 0 radical (unpaired) electrons. The molecule has 4 rings (SSSR count). The lowest BCUT2D eigenvalue weighted by Gasteiger charge is -2.13. The fraction of sp³-hybridized carbons (Fsp3) is 0.280. The first-order valence-corrected chi connectivity index (χ1v) is 11.5. The van der Waals surface area contributed by atoms with Crippen molar-refractivity contribution in [1.29, 1.82) is 0 Å². The third kappa shape index (κ3) is 4.39. The number of ether oxygens (including phenoxy) is 2. The molecule has 6 nitrogen and oxygen atoms in total. The number of nitrogens with one attached hydrogen (secondary N) is 1. The summed E-state index contributed by atoms with van der Waals surface area (Å²) in [5, 5.41) is 4.48. The SMILES string of the molecule is CCOc1ccc(-c2coc3c(C)c(OC)c(/C(C)=C/C(=O)NC4=NCCS4)cc23)cc1. The topological polar surface area (TPSA) is 73.1 Å². The normalized spacial score (nSPS) is 13.9. The van der Waals surface area contributed by atoms with E-state index in [1.807, 2.05) is 51.1 Å². The van der Waals surface area contributed by atoms with Crippen LogP contribution in [0.3, 0.4) is 0 Å². The van der Waals surface area contributed by atoms with E-state index in [0.717, 1.165) is 56.8 Å². The van der Waals surface area contributed by atoms with Crippen LogP contribution in [0.2, 0.25) is 0 Å². The molecule has 1 aliphatic rings. The minimum Gasteiger partial charge on any atom is -0.496 e. The summed E-state index contributed by atoms with van der Waals surface area (Å²) in [7, 11) is 1.63. The van der Waals surface area contributed by atoms with E-state index in [1.54, 1.807) is 31.2 Å². The predicted octanol–water partition coefficient (Wildman–Crippen LogP) is 5.44. The highest BCUT2D eigenvalue weighted by atomic mass is 32.2. The van der Waals surface area contributed by atoms with Crippen molar-refractivity contribution in [2.45, 2.75) is 20.8 Å². The lowest BCUT2D eigenvalue weighted by Crippen LogP contribution is -2.25. The maximum atomic E-state index is 12.5. The van der Waals surface area contributed by atoms with Gasteiger partial charge in [0.15, 0.2) is 5.17 Å². The van der Waals surface area contributed by atoms with Crippen molar-refractivity contribution in [2.24, 2.45) is 4.99 Å². The van der Waals surface area contributed by atoms with Crippen LogP contribution in [0.4, 0.5) is 0 Å². The summed E-state index contributed by atoms with van der Waals surface area (Å²) in [4.78, 5) is 16.8. The Bertz CT molecular complexity index is 1210. The Morgan fingerprint density at radius 2 is 2.09 bits per heavy atom. The number of amidine groups is 1. The van der Waals surface area contributed by atoms with Gasteiger partial charge >= 0.3 is 0 Å². The number of methoxy groups -OCH3 is 1. The third-order valence-electron chi connectivity index (χ3n) is 5.31. The molecule has 3 aromatic rings. The summed E-state index contributed by atoms with van der Waals surface area (Å²) < 4.78 is 17.2. The summed E-state index contributed by atoms with van der Waals surface area (Å²) in [6.45, 7) is 7.20. The molecule has 0 unspecified atom stereocenters. The molecule has 0 bridgehead atoms. The minimum absolute atomic E-state index is 0.200. The molecule has 1 aliphatic heterocycles. The zero-order valence-electron chi connectivity index (χ0n) is 18.7. The highest BCUT2D eigenvalue weighted by Gasteiger charge is 2.19. The van der Waals surface area contributed by atoms with E-state index in [9.17, 15) is 4.79 Å². The number of carbonyl (C=O) groups is 1. The summed E-state index contributed by atoms with van der Waals surface area (Å²) in [5.41, 5.74) is 5.31. The van der Waals surface area contributed by atoms with Gasteiger partial charge in [0, 0.05) is 33.9 Å². The molecular formula is C25H26N2O4S. The Kier molecular flexibility index (Phi) is 6.55. The van der Waals surface area contributed by atoms with Gasteiger partial charge in [0.1, 0.15) is 17.1 Å². The third-order valence-corrected chi connectivity index (χ3v) is 6.20. The quantitative estimate of drug-likeness (QED) is 0.507. The zero-order valence-corrected chi connectivity index (χ0v) is 19.5. The van der Waals surface area contributed by atoms with Gasteiger partial charge in [-0.3, -0.25) is 9.79 Å². The van der Waals surface area contributed by atoms with E-state index in [2.05, 4.69) is 10.3 Å². The zero-order chi connectivity index (χ0) is 22.7. The molecule has 0 saturated carbocycles. The van der Waals surface area contributed by atoms with Crippen molar-refractivity contribution in [2.75, 3.05) is 26.0 Å². The van der Waals surface area contributed by atoms with Crippen LogP contribution >= 0.6 is 11.8 Å². The number of thioether (sulfide) groups is 1. The molecule has 1 N–H and O–H groups in total. The number of rotatable bonds is 6. The van der Waals surface area contributed by atoms with Crippen LogP contribution < -0.4 is 14.8 Å². The molecule has 7 heteroatoms. The first kappa shape index (κ1) is 22.0. The number of benzene rings is 2. The van der Waals surface area contributed by atoms with E-state index < -0.39 is 0 Å². The van der Waals surface area contributed by atoms with E-state index in [0.29, 0.717) is 17.5 Å². The van der Waals surface area contributed by atoms with Crippen molar-refractivity contribution in [1.82, 2.24) is 5.32 Å². The Balaban J connectivity index is 1.74. The average molecular weight is 451 g/mol. The summed E-state index contributed by atoms with van der Waals surface area (Å²) in [6.07, 6.45) is 3.35. The van der Waals surface area contributed by atoms with Crippen molar-refractivity contribution in [3.05, 3.63) is 53.8 Å². The lowest BCUT2D eigenvalue weighted by atomic mass is 9.96. The Hall–Kier alpha value is -3.19. The van der Waals surface area contributed by atoms with E-state index in [-0.39, 0.29) is 5.91 Å². The first-order chi connectivity index (χ1) is 15.5. The molecule has 32 heavy (non-hydrogen) atoms. The monoisotopic (exact) mass is 450 g/mol. The van der Waals surface area contributed by atoms with Crippen LogP contribution in [0, 0.1) is 6.92 Å². The van der Waals surface area contributed by atoms with Crippen molar-refractivity contribution in [3.63, 3.8) is 0 Å². The van der Waals surface area contributed by atoms with Crippen LogP contribution in [0.1, 0.15) is 25.0 Å². The molecular weight excluding hydrogens is 424 g/mol. The van der Waals surface area contributed by atoms with Gasteiger partial charge in [0.2, 0.25) is 5.91 Å². The number of furan rings is 1. The molecule has 0 saturated heterocycles. The van der Waals surface area contributed by atoms with Crippen molar-refractivity contribution >= 4 is 39.4 Å². The van der Waals surface area contributed by atoms with Gasteiger partial charge in [0.25, 0.3) is 0 Å². The first-order valence-electron chi connectivity index (χ1n) is 10.5. The van der Waals surface area contributed by atoms with Gasteiger partial charge in [-0.25, -0.2) is 0 Å². The van der Waals surface area contributed by atoms with Gasteiger partial charge in [-0.05, 0) is 50.1 Å². The molecule has 2 aromatic carbocycles. The number of hydrogen-bond donors (Lipinski definition) is 1. The predicted molar refractivity (Wildman–Crippen MR) is 131 cm³/mol. The number of aryl methyl sites for hydroxylation is 1. The smallest absolute Gasteiger partial charge is 0.250 e. The van der Waals surface area contributed by atoms with Crippen molar-refractivity contribution in [3.8, 4) is 22.6 Å². The number of amides is 1. The number of fused-ring (bicyclic) bond motifs is 1. The summed E-state index contributed by atoms with van der Waals surface area (Å²) in [6, 6.07) is 9.97. The number of carbonyl (C=O) groups excluding carboxylic acids is 1. The maximum absolute atomic E-state index is 12.5. The second-order valence-electron chi connectivity index (χ2n) is 7.42. The van der Waals surface area contributed by atoms with Gasteiger partial charge < -0.3 is 19.2 Å². The number of nitrogens with zero attached hydrogens (tertiary/aromatic N) is 1. The molecule has 0 fully saturated rings. The molecule has 1 aromatic heterocycles. The Labute approximate surface area is 191 Å². The summed E-state index contributed by atoms with van der Waals surface area (Å²) >= 11 is 1.55. The second-order valence-corrected chi connectivity index (χ2v) is 8.50. The number of aliphatic imine (C=N–C) groups is 1. The highest BCUT2D eigenvalue weighted by molar-refractivity contribution is 8.14. The molecule has 0 atom stereocenters.